The Morgan fingerprint density at radius 1 is 1.18 bits per heavy atom. The van der Waals surface area contributed by atoms with E-state index in [2.05, 4.69) is 16.4 Å². The number of furan rings is 1. The van der Waals surface area contributed by atoms with Gasteiger partial charge >= 0.3 is 0 Å². The van der Waals surface area contributed by atoms with Crippen LogP contribution >= 0.6 is 0 Å². The molecule has 3 rings (SSSR count). The zero-order valence-electron chi connectivity index (χ0n) is 12.9. The van der Waals surface area contributed by atoms with E-state index in [1.807, 2.05) is 39.0 Å². The molecule has 1 amide bonds. The Bertz CT molecular complexity index is 849. The second-order valence-electron chi connectivity index (χ2n) is 5.54. The van der Waals surface area contributed by atoms with Gasteiger partial charge in [-0.1, -0.05) is 18.2 Å². The second-order valence-corrected chi connectivity index (χ2v) is 5.54. The Labute approximate surface area is 129 Å². The maximum Gasteiger partial charge on any atom is 0.230 e. The molecule has 22 heavy (non-hydrogen) atoms. The molecule has 2 heterocycles. The number of benzene rings is 1. The number of hydrogen-bond acceptors (Lipinski definition) is 3. The van der Waals surface area contributed by atoms with Gasteiger partial charge in [-0.3, -0.25) is 4.79 Å². The highest BCUT2D eigenvalue weighted by Crippen LogP contribution is 2.27. The monoisotopic (exact) mass is 294 g/mol. The molecule has 0 aliphatic carbocycles. The van der Waals surface area contributed by atoms with Crippen LogP contribution in [-0.4, -0.2) is 10.9 Å². The maximum absolute atomic E-state index is 12.2. The van der Waals surface area contributed by atoms with Crippen molar-refractivity contribution in [2.75, 3.05) is 5.32 Å². The maximum atomic E-state index is 12.2. The third-order valence-electron chi connectivity index (χ3n) is 3.96. The highest BCUT2D eigenvalue weighted by molar-refractivity contribution is 5.95. The topological polar surface area (TPSA) is 55.1 Å². The van der Waals surface area contributed by atoms with Crippen molar-refractivity contribution >= 4 is 22.7 Å². The lowest BCUT2D eigenvalue weighted by molar-refractivity contribution is -0.115. The molecule has 0 radical (unpaired) electrons. The van der Waals surface area contributed by atoms with Crippen molar-refractivity contribution in [3.8, 4) is 0 Å². The van der Waals surface area contributed by atoms with Crippen LogP contribution < -0.4 is 5.32 Å². The molecule has 0 spiro atoms. The van der Waals surface area contributed by atoms with Crippen molar-refractivity contribution in [1.82, 2.24) is 4.98 Å². The standard InChI is InChI=1S/C18H18N2O2/c1-11-6-7-15-14(10-22-17(15)13(11)3)9-16(21)20-18-12(2)5-4-8-19-18/h4-8,10H,9H2,1-3H3,(H,19,20,21). The van der Waals surface area contributed by atoms with Crippen LogP contribution in [0.2, 0.25) is 0 Å². The van der Waals surface area contributed by atoms with E-state index in [1.165, 1.54) is 5.56 Å². The molecule has 1 N–H and O–H groups in total. The van der Waals surface area contributed by atoms with Gasteiger partial charge in [0.25, 0.3) is 0 Å². The number of carbonyl (C=O) groups excluding carboxylic acids is 1. The van der Waals surface area contributed by atoms with Crippen LogP contribution in [0.15, 0.2) is 41.1 Å². The smallest absolute Gasteiger partial charge is 0.230 e. The van der Waals surface area contributed by atoms with E-state index in [0.29, 0.717) is 5.82 Å². The van der Waals surface area contributed by atoms with Crippen molar-refractivity contribution < 1.29 is 9.21 Å². The SMILES string of the molecule is Cc1cccnc1NC(=O)Cc1coc2c(C)c(C)ccc12. The van der Waals surface area contributed by atoms with Crippen LogP contribution in [0, 0.1) is 20.8 Å². The zero-order chi connectivity index (χ0) is 15.7. The van der Waals surface area contributed by atoms with E-state index in [4.69, 9.17) is 4.42 Å². The first-order valence-corrected chi connectivity index (χ1v) is 7.24. The number of amides is 1. The van der Waals surface area contributed by atoms with E-state index in [9.17, 15) is 4.79 Å². The fourth-order valence-corrected chi connectivity index (χ4v) is 2.49. The Kier molecular flexibility index (Phi) is 3.67. The molecule has 0 saturated heterocycles. The average Bonchev–Trinajstić information content (AvgIpc) is 2.89. The number of anilines is 1. The Hall–Kier alpha value is -2.62. The number of pyridine rings is 1. The predicted octanol–water partition coefficient (Wildman–Crippen LogP) is 3.93. The highest BCUT2D eigenvalue weighted by Gasteiger charge is 2.13. The zero-order valence-corrected chi connectivity index (χ0v) is 12.9. The van der Waals surface area contributed by atoms with Crippen molar-refractivity contribution in [3.63, 3.8) is 0 Å². The van der Waals surface area contributed by atoms with Crippen LogP contribution in [0.4, 0.5) is 5.82 Å². The van der Waals surface area contributed by atoms with Crippen molar-refractivity contribution in [2.45, 2.75) is 27.2 Å². The molecule has 0 saturated carbocycles. The summed E-state index contributed by atoms with van der Waals surface area (Å²) in [4.78, 5) is 16.4. The summed E-state index contributed by atoms with van der Waals surface area (Å²) in [6, 6.07) is 7.83. The van der Waals surface area contributed by atoms with Gasteiger partial charge in [-0.05, 0) is 43.5 Å². The highest BCUT2D eigenvalue weighted by atomic mass is 16.3. The molecule has 1 aromatic carbocycles. The third-order valence-corrected chi connectivity index (χ3v) is 3.96. The Balaban J connectivity index is 1.83. The van der Waals surface area contributed by atoms with Crippen molar-refractivity contribution in [1.29, 1.82) is 0 Å². The van der Waals surface area contributed by atoms with E-state index in [0.717, 1.165) is 27.7 Å². The fraction of sp³-hybridized carbons (Fsp3) is 0.222. The minimum atomic E-state index is -0.0947. The molecule has 0 fully saturated rings. The molecule has 0 aliphatic heterocycles. The first kappa shape index (κ1) is 14.3. The van der Waals surface area contributed by atoms with Gasteiger partial charge in [-0.25, -0.2) is 4.98 Å². The number of nitrogens with zero attached hydrogens (tertiary/aromatic N) is 1. The molecule has 4 nitrogen and oxygen atoms in total. The van der Waals surface area contributed by atoms with Crippen LogP contribution in [0.5, 0.6) is 0 Å². The van der Waals surface area contributed by atoms with Gasteiger partial charge in [0.1, 0.15) is 11.4 Å². The molecule has 0 atom stereocenters. The minimum Gasteiger partial charge on any atom is -0.464 e. The fourth-order valence-electron chi connectivity index (χ4n) is 2.49. The van der Waals surface area contributed by atoms with E-state index in [-0.39, 0.29) is 12.3 Å². The van der Waals surface area contributed by atoms with Gasteiger partial charge in [0, 0.05) is 17.1 Å². The number of nitrogens with one attached hydrogen (secondary N) is 1. The quantitative estimate of drug-likeness (QED) is 0.796. The third kappa shape index (κ3) is 2.60. The van der Waals surface area contributed by atoms with Gasteiger partial charge in [0.05, 0.1) is 12.7 Å². The summed E-state index contributed by atoms with van der Waals surface area (Å²) >= 11 is 0. The summed E-state index contributed by atoms with van der Waals surface area (Å²) < 4.78 is 5.64. The van der Waals surface area contributed by atoms with Gasteiger partial charge < -0.3 is 9.73 Å². The lowest BCUT2D eigenvalue weighted by Crippen LogP contribution is -2.15. The first-order chi connectivity index (χ1) is 10.6. The average molecular weight is 294 g/mol. The lowest BCUT2D eigenvalue weighted by Gasteiger charge is -2.06. The van der Waals surface area contributed by atoms with Gasteiger partial charge in [0.15, 0.2) is 0 Å². The summed E-state index contributed by atoms with van der Waals surface area (Å²) in [5.41, 5.74) is 4.99. The summed E-state index contributed by atoms with van der Waals surface area (Å²) in [5.74, 6) is 0.509. The van der Waals surface area contributed by atoms with Crippen molar-refractivity contribution in [2.24, 2.45) is 0 Å². The molecule has 0 unspecified atom stereocenters. The molecule has 4 heteroatoms. The number of carbonyl (C=O) groups is 1. The normalized spacial score (nSPS) is 10.9. The van der Waals surface area contributed by atoms with Gasteiger partial charge in [0.2, 0.25) is 5.91 Å². The van der Waals surface area contributed by atoms with E-state index < -0.39 is 0 Å². The number of aromatic nitrogens is 1. The van der Waals surface area contributed by atoms with Gasteiger partial charge in [-0.15, -0.1) is 0 Å². The first-order valence-electron chi connectivity index (χ1n) is 7.24. The van der Waals surface area contributed by atoms with Crippen LogP contribution in [0.25, 0.3) is 11.0 Å². The van der Waals surface area contributed by atoms with Crippen LogP contribution in [0.1, 0.15) is 22.3 Å². The molecule has 0 bridgehead atoms. The molecule has 2 aromatic heterocycles. The van der Waals surface area contributed by atoms with Gasteiger partial charge in [-0.2, -0.15) is 0 Å². The largest absolute Gasteiger partial charge is 0.464 e. The van der Waals surface area contributed by atoms with Crippen molar-refractivity contribution in [3.05, 3.63) is 59.0 Å². The molecular formula is C18H18N2O2. The number of rotatable bonds is 3. The second kappa shape index (κ2) is 5.64. The van der Waals surface area contributed by atoms with Crippen LogP contribution in [0.3, 0.4) is 0 Å². The molecule has 112 valence electrons. The minimum absolute atomic E-state index is 0.0947. The van der Waals surface area contributed by atoms with E-state index >= 15 is 0 Å². The lowest BCUT2D eigenvalue weighted by atomic mass is 10.0. The molecular weight excluding hydrogens is 276 g/mol. The summed E-state index contributed by atoms with van der Waals surface area (Å²) in [7, 11) is 0. The van der Waals surface area contributed by atoms with Crippen LogP contribution in [-0.2, 0) is 11.2 Å². The number of fused-ring (bicyclic) bond motifs is 1. The summed E-state index contributed by atoms with van der Waals surface area (Å²) in [6.07, 6.45) is 3.61. The Morgan fingerprint density at radius 2 is 2.00 bits per heavy atom. The predicted molar refractivity (Wildman–Crippen MR) is 87.0 cm³/mol. The summed E-state index contributed by atoms with van der Waals surface area (Å²) in [5, 5.41) is 3.84. The number of aryl methyl sites for hydroxylation is 3. The molecule has 0 aliphatic rings. The Morgan fingerprint density at radius 3 is 2.77 bits per heavy atom. The summed E-state index contributed by atoms with van der Waals surface area (Å²) in [6.45, 7) is 6.00. The number of hydrogen-bond donors (Lipinski definition) is 1. The molecule has 3 aromatic rings. The van der Waals surface area contributed by atoms with E-state index in [1.54, 1.807) is 12.5 Å².